The van der Waals surface area contributed by atoms with Crippen molar-refractivity contribution in [1.82, 2.24) is 0 Å². The number of benzene rings is 1. The molecule has 0 saturated heterocycles. The van der Waals surface area contributed by atoms with Gasteiger partial charge in [0, 0.05) is 0 Å². The first-order valence-electron chi connectivity index (χ1n) is 6.01. The zero-order valence-corrected chi connectivity index (χ0v) is 10.3. The molecule has 0 unspecified atom stereocenters. The van der Waals surface area contributed by atoms with Crippen molar-refractivity contribution in [3.63, 3.8) is 0 Å². The van der Waals surface area contributed by atoms with Crippen molar-refractivity contribution in [3.05, 3.63) is 53.3 Å². The van der Waals surface area contributed by atoms with Crippen molar-refractivity contribution < 1.29 is 14.6 Å². The molecule has 0 amide bonds. The van der Waals surface area contributed by atoms with Crippen LogP contribution in [0.5, 0.6) is 0 Å². The third kappa shape index (κ3) is 2.80. The summed E-state index contributed by atoms with van der Waals surface area (Å²) in [5, 5.41) is 9.12. The average molecular weight is 244 g/mol. The summed E-state index contributed by atoms with van der Waals surface area (Å²) >= 11 is 0. The lowest BCUT2D eigenvalue weighted by Gasteiger charge is -2.17. The maximum Gasteiger partial charge on any atom is 0.335 e. The Balaban J connectivity index is 2.33. The predicted molar refractivity (Wildman–Crippen MR) is 69.9 cm³/mol. The monoisotopic (exact) mass is 244 g/mol. The minimum absolute atomic E-state index is 0.372. The summed E-state index contributed by atoms with van der Waals surface area (Å²) < 4.78 is 5.47. The molecule has 0 aliphatic carbocycles. The molecule has 0 aromatic heterocycles. The van der Waals surface area contributed by atoms with Crippen molar-refractivity contribution in [2.45, 2.75) is 19.8 Å². The number of ether oxygens (including phenoxy) is 1. The number of carboxylic acid groups (broad SMARTS) is 1. The highest BCUT2D eigenvalue weighted by Gasteiger charge is 2.18. The van der Waals surface area contributed by atoms with Crippen molar-refractivity contribution >= 4 is 11.5 Å². The molecule has 1 N–H and O–H groups in total. The molecule has 0 radical (unpaired) electrons. The van der Waals surface area contributed by atoms with Crippen molar-refractivity contribution in [2.24, 2.45) is 0 Å². The fraction of sp³-hybridized carbons (Fsp3) is 0.267. The van der Waals surface area contributed by atoms with Crippen LogP contribution in [0.4, 0.5) is 0 Å². The minimum Gasteiger partial charge on any atom is -0.493 e. The van der Waals surface area contributed by atoms with Gasteiger partial charge in [0.15, 0.2) is 0 Å². The quantitative estimate of drug-likeness (QED) is 0.887. The number of rotatable bonds is 3. The van der Waals surface area contributed by atoms with Gasteiger partial charge in [-0.1, -0.05) is 30.3 Å². The van der Waals surface area contributed by atoms with E-state index in [1.54, 1.807) is 0 Å². The molecule has 94 valence electrons. The first kappa shape index (κ1) is 12.4. The van der Waals surface area contributed by atoms with Crippen LogP contribution in [-0.2, 0) is 9.53 Å². The van der Waals surface area contributed by atoms with Gasteiger partial charge in [-0.05, 0) is 37.0 Å². The van der Waals surface area contributed by atoms with Gasteiger partial charge in [-0.15, -0.1) is 0 Å². The molecule has 0 bridgehead atoms. The highest BCUT2D eigenvalue weighted by Crippen LogP contribution is 2.24. The van der Waals surface area contributed by atoms with Gasteiger partial charge in [-0.25, -0.2) is 4.79 Å². The lowest BCUT2D eigenvalue weighted by atomic mass is 10.0. The number of aliphatic carboxylic acids is 1. The molecule has 1 aromatic rings. The number of carbonyl (C=O) groups is 1. The number of allylic oxidation sites excluding steroid dienone is 2. The van der Waals surface area contributed by atoms with E-state index in [-0.39, 0.29) is 0 Å². The van der Waals surface area contributed by atoms with Crippen LogP contribution >= 0.6 is 0 Å². The molecule has 3 heteroatoms. The smallest absolute Gasteiger partial charge is 0.335 e. The molecule has 18 heavy (non-hydrogen) atoms. The minimum atomic E-state index is -0.887. The highest BCUT2D eigenvalue weighted by atomic mass is 16.5. The summed E-state index contributed by atoms with van der Waals surface area (Å²) in [5.41, 5.74) is 2.45. The summed E-state index contributed by atoms with van der Waals surface area (Å²) in [6.45, 7) is 2.55. The summed E-state index contributed by atoms with van der Waals surface area (Å²) in [6, 6.07) is 9.86. The van der Waals surface area contributed by atoms with E-state index in [1.165, 1.54) is 0 Å². The second kappa shape index (κ2) is 5.54. The van der Waals surface area contributed by atoms with E-state index in [4.69, 9.17) is 9.84 Å². The summed E-state index contributed by atoms with van der Waals surface area (Å²) in [5.74, 6) is -0.392. The Hall–Kier alpha value is -2.03. The van der Waals surface area contributed by atoms with Gasteiger partial charge in [-0.2, -0.15) is 0 Å². The SMILES string of the molecule is C/C(=C\C1=C(C(=O)O)CCCO1)c1ccccc1. The van der Waals surface area contributed by atoms with Crippen LogP contribution in [0.3, 0.4) is 0 Å². The largest absolute Gasteiger partial charge is 0.493 e. The van der Waals surface area contributed by atoms with Crippen molar-refractivity contribution in [3.8, 4) is 0 Å². The molecular weight excluding hydrogens is 228 g/mol. The molecule has 3 nitrogen and oxygen atoms in total. The van der Waals surface area contributed by atoms with Crippen LogP contribution in [0.25, 0.3) is 5.57 Å². The number of carboxylic acids is 1. The van der Waals surface area contributed by atoms with Gasteiger partial charge >= 0.3 is 5.97 Å². The summed E-state index contributed by atoms with van der Waals surface area (Å²) in [7, 11) is 0. The zero-order valence-electron chi connectivity index (χ0n) is 10.3. The first-order valence-corrected chi connectivity index (χ1v) is 6.01. The van der Waals surface area contributed by atoms with Crippen LogP contribution in [0.15, 0.2) is 47.7 Å². The van der Waals surface area contributed by atoms with E-state index >= 15 is 0 Å². The molecule has 1 heterocycles. The Kier molecular flexibility index (Phi) is 3.82. The molecule has 2 rings (SSSR count). The van der Waals surface area contributed by atoms with Gasteiger partial charge in [0.2, 0.25) is 0 Å². The predicted octanol–water partition coefficient (Wildman–Crippen LogP) is 3.24. The highest BCUT2D eigenvalue weighted by molar-refractivity contribution is 5.88. The summed E-state index contributed by atoms with van der Waals surface area (Å²) in [4.78, 5) is 11.1. The third-order valence-electron chi connectivity index (χ3n) is 2.96. The molecule has 1 aliphatic heterocycles. The van der Waals surface area contributed by atoms with Gasteiger partial charge in [0.25, 0.3) is 0 Å². The maximum atomic E-state index is 11.1. The van der Waals surface area contributed by atoms with Crippen molar-refractivity contribution in [1.29, 1.82) is 0 Å². The Morgan fingerprint density at radius 2 is 2.06 bits per heavy atom. The molecule has 0 fully saturated rings. The normalized spacial score (nSPS) is 16.4. The van der Waals surface area contributed by atoms with Gasteiger partial charge in [0.05, 0.1) is 12.2 Å². The number of hydrogen-bond acceptors (Lipinski definition) is 2. The van der Waals surface area contributed by atoms with Gasteiger partial charge < -0.3 is 9.84 Å². The topological polar surface area (TPSA) is 46.5 Å². The van der Waals surface area contributed by atoms with E-state index in [0.29, 0.717) is 24.4 Å². The molecular formula is C15H16O3. The lowest BCUT2D eigenvalue weighted by Crippen LogP contribution is -2.12. The Bertz CT molecular complexity index is 498. The van der Waals surface area contributed by atoms with Crippen molar-refractivity contribution in [2.75, 3.05) is 6.61 Å². The van der Waals surface area contributed by atoms with E-state index in [9.17, 15) is 4.79 Å². The Morgan fingerprint density at radius 3 is 2.72 bits per heavy atom. The standard InChI is InChI=1S/C15H16O3/c1-11(12-6-3-2-4-7-12)10-14-13(15(16)17)8-5-9-18-14/h2-4,6-7,10H,5,8-9H2,1H3,(H,16,17)/b11-10+. The molecule has 0 atom stereocenters. The fourth-order valence-electron chi connectivity index (χ4n) is 1.96. The Labute approximate surface area is 106 Å². The van der Waals surface area contributed by atoms with Gasteiger partial charge in [0.1, 0.15) is 5.76 Å². The third-order valence-corrected chi connectivity index (χ3v) is 2.96. The maximum absolute atomic E-state index is 11.1. The molecule has 1 aromatic carbocycles. The number of hydrogen-bond donors (Lipinski definition) is 1. The second-order valence-electron chi connectivity index (χ2n) is 4.29. The van der Waals surface area contributed by atoms with E-state index in [2.05, 4.69) is 0 Å². The fourth-order valence-corrected chi connectivity index (χ4v) is 1.96. The first-order chi connectivity index (χ1) is 8.68. The van der Waals surface area contributed by atoms with Crippen LogP contribution in [-0.4, -0.2) is 17.7 Å². The van der Waals surface area contributed by atoms with Crippen LogP contribution in [0.1, 0.15) is 25.3 Å². The van der Waals surface area contributed by atoms with E-state index in [1.807, 2.05) is 43.3 Å². The second-order valence-corrected chi connectivity index (χ2v) is 4.29. The van der Waals surface area contributed by atoms with Gasteiger partial charge in [-0.3, -0.25) is 0 Å². The molecule has 0 spiro atoms. The lowest BCUT2D eigenvalue weighted by molar-refractivity contribution is -0.133. The van der Waals surface area contributed by atoms with Crippen LogP contribution in [0.2, 0.25) is 0 Å². The summed E-state index contributed by atoms with van der Waals surface area (Å²) in [6.07, 6.45) is 3.16. The van der Waals surface area contributed by atoms with E-state index < -0.39 is 5.97 Å². The molecule has 1 aliphatic rings. The van der Waals surface area contributed by atoms with E-state index in [0.717, 1.165) is 17.6 Å². The molecule has 0 saturated carbocycles. The van der Waals surface area contributed by atoms with Crippen LogP contribution in [0, 0.1) is 0 Å². The Morgan fingerprint density at radius 1 is 1.33 bits per heavy atom. The average Bonchev–Trinajstić information content (AvgIpc) is 2.40. The zero-order chi connectivity index (χ0) is 13.0. The van der Waals surface area contributed by atoms with Crippen LogP contribution < -0.4 is 0 Å².